The van der Waals surface area contributed by atoms with Crippen molar-refractivity contribution in [1.82, 2.24) is 4.90 Å². The molecule has 2 N–H and O–H groups in total. The third-order valence-electron chi connectivity index (χ3n) is 3.82. The topological polar surface area (TPSA) is 72.6 Å². The first-order chi connectivity index (χ1) is 10.1. The zero-order valence-corrected chi connectivity index (χ0v) is 13.1. The van der Waals surface area contributed by atoms with Crippen molar-refractivity contribution in [3.63, 3.8) is 0 Å². The highest BCUT2D eigenvalue weighted by molar-refractivity contribution is 7.98. The van der Waals surface area contributed by atoms with Crippen molar-refractivity contribution < 1.29 is 14.3 Å². The van der Waals surface area contributed by atoms with Crippen LogP contribution in [0.5, 0.6) is 5.75 Å². The van der Waals surface area contributed by atoms with Crippen LogP contribution in [0.25, 0.3) is 0 Å². The second kappa shape index (κ2) is 6.85. The van der Waals surface area contributed by atoms with Crippen LogP contribution in [-0.4, -0.2) is 43.2 Å². The number of thioether (sulfide) groups is 1. The number of benzene rings is 1. The van der Waals surface area contributed by atoms with Crippen LogP contribution in [0.15, 0.2) is 23.1 Å². The molecule has 1 heterocycles. The van der Waals surface area contributed by atoms with Gasteiger partial charge in [-0.2, -0.15) is 0 Å². The van der Waals surface area contributed by atoms with Gasteiger partial charge in [0.05, 0.1) is 12.7 Å². The minimum atomic E-state index is -0.274. The summed E-state index contributed by atoms with van der Waals surface area (Å²) in [5.41, 5.74) is 5.88. The first-order valence-electron chi connectivity index (χ1n) is 6.87. The van der Waals surface area contributed by atoms with Crippen molar-refractivity contribution >= 4 is 23.6 Å². The van der Waals surface area contributed by atoms with Crippen LogP contribution >= 0.6 is 11.8 Å². The highest BCUT2D eigenvalue weighted by Gasteiger charge is 2.27. The van der Waals surface area contributed by atoms with Crippen LogP contribution in [0.3, 0.4) is 0 Å². The second-order valence-corrected chi connectivity index (χ2v) is 5.91. The molecule has 1 aliphatic heterocycles. The van der Waals surface area contributed by atoms with E-state index in [4.69, 9.17) is 10.5 Å². The lowest BCUT2D eigenvalue weighted by atomic mass is 9.96. The maximum absolute atomic E-state index is 12.6. The third-order valence-corrected chi connectivity index (χ3v) is 4.55. The van der Waals surface area contributed by atoms with Crippen molar-refractivity contribution in [3.8, 4) is 5.75 Å². The van der Waals surface area contributed by atoms with Gasteiger partial charge in [-0.1, -0.05) is 0 Å². The number of primary amides is 1. The monoisotopic (exact) mass is 308 g/mol. The Morgan fingerprint density at radius 3 is 2.52 bits per heavy atom. The molecule has 0 aromatic heterocycles. The Morgan fingerprint density at radius 1 is 1.33 bits per heavy atom. The minimum Gasteiger partial charge on any atom is -0.496 e. The van der Waals surface area contributed by atoms with E-state index < -0.39 is 0 Å². The molecule has 1 saturated heterocycles. The summed E-state index contributed by atoms with van der Waals surface area (Å²) in [4.78, 5) is 26.6. The molecule has 0 unspecified atom stereocenters. The van der Waals surface area contributed by atoms with E-state index in [2.05, 4.69) is 0 Å². The van der Waals surface area contributed by atoms with E-state index in [9.17, 15) is 9.59 Å². The highest BCUT2D eigenvalue weighted by Crippen LogP contribution is 2.27. The first-order valence-corrected chi connectivity index (χ1v) is 8.10. The Bertz CT molecular complexity index is 540. The van der Waals surface area contributed by atoms with Crippen LogP contribution in [0.1, 0.15) is 23.2 Å². The highest BCUT2D eigenvalue weighted by atomic mass is 32.2. The number of carbonyl (C=O) groups is 2. The Morgan fingerprint density at radius 2 is 2.00 bits per heavy atom. The molecule has 0 radical (unpaired) electrons. The summed E-state index contributed by atoms with van der Waals surface area (Å²) in [6.07, 6.45) is 3.24. The second-order valence-electron chi connectivity index (χ2n) is 5.04. The Labute approximate surface area is 128 Å². The summed E-state index contributed by atoms with van der Waals surface area (Å²) in [5, 5.41) is 0. The van der Waals surface area contributed by atoms with Gasteiger partial charge < -0.3 is 15.4 Å². The first kappa shape index (κ1) is 15.7. The number of methoxy groups -OCH3 is 1. The minimum absolute atomic E-state index is 0.0533. The van der Waals surface area contributed by atoms with Crippen molar-refractivity contribution in [3.05, 3.63) is 23.8 Å². The Hall–Kier alpha value is -1.69. The number of hydrogen-bond donors (Lipinski definition) is 1. The number of amides is 2. The van der Waals surface area contributed by atoms with Crippen LogP contribution in [0, 0.1) is 5.92 Å². The standard InChI is InChI=1S/C15H20N2O3S/c1-20-13-9-11(21-2)3-4-12(13)15(19)17-7-5-10(6-8-17)14(16)18/h3-4,9-10H,5-8H2,1-2H3,(H2,16,18). The molecule has 1 aromatic carbocycles. The fourth-order valence-corrected chi connectivity index (χ4v) is 2.94. The molecule has 1 aliphatic rings. The summed E-state index contributed by atoms with van der Waals surface area (Å²) in [5.74, 6) is 0.144. The SMILES string of the molecule is COc1cc(SC)ccc1C(=O)N1CCC(C(N)=O)CC1. The molecule has 2 rings (SSSR count). The lowest BCUT2D eigenvalue weighted by molar-refractivity contribution is -0.123. The van der Waals surface area contributed by atoms with Gasteiger partial charge in [-0.15, -0.1) is 11.8 Å². The zero-order valence-electron chi connectivity index (χ0n) is 12.3. The van der Waals surface area contributed by atoms with Gasteiger partial charge in [-0.05, 0) is 37.3 Å². The fourth-order valence-electron chi connectivity index (χ4n) is 2.51. The largest absolute Gasteiger partial charge is 0.496 e. The van der Waals surface area contributed by atoms with Crippen molar-refractivity contribution in [2.24, 2.45) is 11.7 Å². The van der Waals surface area contributed by atoms with Crippen molar-refractivity contribution in [1.29, 1.82) is 0 Å². The normalized spacial score (nSPS) is 15.8. The quantitative estimate of drug-likeness (QED) is 0.860. The van der Waals surface area contributed by atoms with Gasteiger partial charge in [0.1, 0.15) is 5.75 Å². The smallest absolute Gasteiger partial charge is 0.257 e. The molecule has 0 saturated carbocycles. The molecule has 0 spiro atoms. The maximum Gasteiger partial charge on any atom is 0.257 e. The van der Waals surface area contributed by atoms with Crippen LogP contribution in [-0.2, 0) is 4.79 Å². The van der Waals surface area contributed by atoms with E-state index in [-0.39, 0.29) is 17.7 Å². The number of nitrogens with two attached hydrogens (primary N) is 1. The molecule has 6 heteroatoms. The number of piperidine rings is 1. The molecule has 0 atom stereocenters. The van der Waals surface area contributed by atoms with E-state index in [1.165, 1.54) is 0 Å². The summed E-state index contributed by atoms with van der Waals surface area (Å²) < 4.78 is 5.32. The van der Waals surface area contributed by atoms with Gasteiger partial charge in [0.25, 0.3) is 5.91 Å². The number of carbonyl (C=O) groups excluding carboxylic acids is 2. The van der Waals surface area contributed by atoms with Gasteiger partial charge in [0.2, 0.25) is 5.91 Å². The molecular weight excluding hydrogens is 288 g/mol. The van der Waals surface area contributed by atoms with Crippen LogP contribution < -0.4 is 10.5 Å². The summed E-state index contributed by atoms with van der Waals surface area (Å²) >= 11 is 1.60. The fraction of sp³-hybridized carbons (Fsp3) is 0.467. The molecule has 114 valence electrons. The lowest BCUT2D eigenvalue weighted by Gasteiger charge is -2.31. The van der Waals surface area contributed by atoms with Gasteiger partial charge >= 0.3 is 0 Å². The van der Waals surface area contributed by atoms with Crippen molar-refractivity contribution in [2.75, 3.05) is 26.5 Å². The van der Waals surface area contributed by atoms with Gasteiger partial charge in [-0.3, -0.25) is 9.59 Å². The molecular formula is C15H20N2O3S. The average Bonchev–Trinajstić information content (AvgIpc) is 2.53. The summed E-state index contributed by atoms with van der Waals surface area (Å²) in [7, 11) is 1.57. The molecule has 2 amide bonds. The maximum atomic E-state index is 12.6. The van der Waals surface area contributed by atoms with Crippen molar-refractivity contribution in [2.45, 2.75) is 17.7 Å². The molecule has 1 aromatic rings. The molecule has 21 heavy (non-hydrogen) atoms. The van der Waals surface area contributed by atoms with E-state index in [0.29, 0.717) is 37.2 Å². The van der Waals surface area contributed by atoms with Crippen LogP contribution in [0.2, 0.25) is 0 Å². The number of ether oxygens (including phenoxy) is 1. The van der Waals surface area contributed by atoms with Gasteiger partial charge in [0, 0.05) is 23.9 Å². The predicted octanol–water partition coefficient (Wildman–Crippen LogP) is 1.75. The van der Waals surface area contributed by atoms with E-state index in [1.807, 2.05) is 18.4 Å². The van der Waals surface area contributed by atoms with E-state index in [1.54, 1.807) is 29.8 Å². The molecule has 1 fully saturated rings. The van der Waals surface area contributed by atoms with Crippen LogP contribution in [0.4, 0.5) is 0 Å². The van der Waals surface area contributed by atoms with E-state index >= 15 is 0 Å². The average molecular weight is 308 g/mol. The Balaban J connectivity index is 2.12. The predicted molar refractivity (Wildman–Crippen MR) is 82.6 cm³/mol. The molecule has 5 nitrogen and oxygen atoms in total. The number of likely N-dealkylation sites (tertiary alicyclic amines) is 1. The number of hydrogen-bond acceptors (Lipinski definition) is 4. The number of nitrogens with zero attached hydrogens (tertiary/aromatic N) is 1. The van der Waals surface area contributed by atoms with Gasteiger partial charge in [-0.25, -0.2) is 0 Å². The molecule has 0 aliphatic carbocycles. The summed E-state index contributed by atoms with van der Waals surface area (Å²) in [6, 6.07) is 5.58. The lowest BCUT2D eigenvalue weighted by Crippen LogP contribution is -2.41. The van der Waals surface area contributed by atoms with Gasteiger partial charge in [0.15, 0.2) is 0 Å². The summed E-state index contributed by atoms with van der Waals surface area (Å²) in [6.45, 7) is 1.11. The van der Waals surface area contributed by atoms with E-state index in [0.717, 1.165) is 4.90 Å². The zero-order chi connectivity index (χ0) is 15.4. The Kier molecular flexibility index (Phi) is 5.12. The molecule has 0 bridgehead atoms. The third kappa shape index (κ3) is 3.50. The number of rotatable bonds is 4.